The van der Waals surface area contributed by atoms with Gasteiger partial charge in [0.15, 0.2) is 11.7 Å². The molecule has 1 N–H and O–H groups in total. The van der Waals surface area contributed by atoms with Crippen LogP contribution in [-0.4, -0.2) is 45.9 Å². The van der Waals surface area contributed by atoms with Crippen LogP contribution in [0.1, 0.15) is 44.3 Å². The lowest BCUT2D eigenvalue weighted by Gasteiger charge is -2.32. The molecule has 0 radical (unpaired) electrons. The number of carbonyl (C=O) groups is 1. The smallest absolute Gasteiger partial charge is 0.331 e. The number of halogens is 1. The Kier molecular flexibility index (Phi) is 4.91. The van der Waals surface area contributed by atoms with Gasteiger partial charge in [0, 0.05) is 13.0 Å². The number of carbonyl (C=O) groups excluding carboxylic acids is 1. The summed E-state index contributed by atoms with van der Waals surface area (Å²) in [6.45, 7) is 7.46. The van der Waals surface area contributed by atoms with Crippen LogP contribution in [0.2, 0.25) is 0 Å². The molecule has 3 heterocycles. The molecular weight excluding hydrogens is 357 g/mol. The van der Waals surface area contributed by atoms with Crippen LogP contribution in [0.4, 0.5) is 15.0 Å². The molecule has 1 aromatic carbocycles. The van der Waals surface area contributed by atoms with Gasteiger partial charge in [-0.1, -0.05) is 32.9 Å². The number of anilines is 1. The van der Waals surface area contributed by atoms with Crippen LogP contribution in [-0.2, 0) is 12.8 Å². The zero-order valence-electron chi connectivity index (χ0n) is 16.6. The second-order valence-electron chi connectivity index (χ2n) is 7.97. The summed E-state index contributed by atoms with van der Waals surface area (Å²) in [7, 11) is 0. The Bertz CT molecular complexity index is 919. The molecule has 1 aromatic heterocycles. The van der Waals surface area contributed by atoms with Gasteiger partial charge in [-0.05, 0) is 36.5 Å². The van der Waals surface area contributed by atoms with Gasteiger partial charge in [-0.25, -0.2) is 14.2 Å². The number of amidine groups is 1. The minimum Gasteiger partial charge on any atom is -0.338 e. The summed E-state index contributed by atoms with van der Waals surface area (Å²) in [6.07, 6.45) is 2.27. The van der Waals surface area contributed by atoms with Crippen LogP contribution in [0.5, 0.6) is 0 Å². The number of rotatable bonds is 6. The number of H-pyrrole nitrogens is 1. The Morgan fingerprint density at radius 3 is 2.89 bits per heavy atom. The highest BCUT2D eigenvalue weighted by Gasteiger charge is 2.42. The third kappa shape index (κ3) is 3.41. The van der Waals surface area contributed by atoms with E-state index >= 15 is 0 Å². The number of imidazole rings is 1. The number of fused-ring (bicyclic) bond motifs is 3. The van der Waals surface area contributed by atoms with Gasteiger partial charge in [0.1, 0.15) is 17.3 Å². The number of amides is 2. The fourth-order valence-corrected chi connectivity index (χ4v) is 3.90. The van der Waals surface area contributed by atoms with E-state index in [-0.39, 0.29) is 17.9 Å². The number of hydrogen-bond donors (Lipinski definition) is 1. The molecular formula is C21H26FN5O. The molecule has 0 fully saturated rings. The molecule has 7 heteroatoms. The van der Waals surface area contributed by atoms with Crippen LogP contribution < -0.4 is 4.90 Å². The van der Waals surface area contributed by atoms with Gasteiger partial charge < -0.3 is 4.98 Å². The molecule has 0 bridgehead atoms. The van der Waals surface area contributed by atoms with Gasteiger partial charge in [0.25, 0.3) is 0 Å². The molecule has 148 valence electrons. The van der Waals surface area contributed by atoms with E-state index in [0.29, 0.717) is 37.1 Å². The highest BCUT2D eigenvalue weighted by Crippen LogP contribution is 2.32. The number of urea groups is 1. The molecule has 4 rings (SSSR count). The average molecular weight is 383 g/mol. The third-order valence-corrected chi connectivity index (χ3v) is 5.04. The summed E-state index contributed by atoms with van der Waals surface area (Å²) < 4.78 is 13.5. The van der Waals surface area contributed by atoms with Gasteiger partial charge in [-0.15, -0.1) is 0 Å². The van der Waals surface area contributed by atoms with Crippen LogP contribution in [0.3, 0.4) is 0 Å². The molecule has 28 heavy (non-hydrogen) atoms. The second kappa shape index (κ2) is 7.37. The van der Waals surface area contributed by atoms with Crippen molar-refractivity contribution in [3.05, 3.63) is 47.2 Å². The van der Waals surface area contributed by atoms with Gasteiger partial charge in [-0.3, -0.25) is 14.8 Å². The summed E-state index contributed by atoms with van der Waals surface area (Å²) in [5.74, 6) is 2.44. The number of aromatic amines is 1. The Morgan fingerprint density at radius 2 is 2.18 bits per heavy atom. The number of hydrogen-bond acceptors (Lipinski definition) is 3. The van der Waals surface area contributed by atoms with Crippen molar-refractivity contribution in [2.45, 2.75) is 46.1 Å². The zero-order valence-corrected chi connectivity index (χ0v) is 16.6. The topological polar surface area (TPSA) is 64.6 Å². The van der Waals surface area contributed by atoms with Crippen molar-refractivity contribution in [3.8, 4) is 0 Å². The molecule has 0 aliphatic carbocycles. The Balaban J connectivity index is 1.66. The SMILES string of the molecule is CCCN1C(=O)N2CC(Cc3cccc(F)c3)N=C2c2[nH]c(CC(C)C)nc21. The monoisotopic (exact) mass is 383 g/mol. The molecule has 2 aromatic rings. The van der Waals surface area contributed by atoms with Crippen molar-refractivity contribution >= 4 is 17.7 Å². The fraction of sp³-hybridized carbons (Fsp3) is 0.476. The van der Waals surface area contributed by atoms with E-state index < -0.39 is 0 Å². The van der Waals surface area contributed by atoms with Crippen molar-refractivity contribution in [1.29, 1.82) is 0 Å². The Labute approximate surface area is 164 Å². The number of aliphatic imine (C=N–C) groups is 1. The predicted octanol–water partition coefficient (Wildman–Crippen LogP) is 3.77. The van der Waals surface area contributed by atoms with Gasteiger partial charge in [0.05, 0.1) is 12.6 Å². The summed E-state index contributed by atoms with van der Waals surface area (Å²) in [6, 6.07) is 6.41. The molecule has 6 nitrogen and oxygen atoms in total. The summed E-state index contributed by atoms with van der Waals surface area (Å²) in [5.41, 5.74) is 1.71. The van der Waals surface area contributed by atoms with Crippen LogP contribution >= 0.6 is 0 Å². The molecule has 1 atom stereocenters. The molecule has 2 aliphatic rings. The van der Waals surface area contributed by atoms with Crippen molar-refractivity contribution in [3.63, 3.8) is 0 Å². The quantitative estimate of drug-likeness (QED) is 0.825. The van der Waals surface area contributed by atoms with Crippen molar-refractivity contribution in [2.24, 2.45) is 10.9 Å². The van der Waals surface area contributed by atoms with E-state index in [1.165, 1.54) is 12.1 Å². The Hall–Kier alpha value is -2.70. The van der Waals surface area contributed by atoms with Gasteiger partial charge in [-0.2, -0.15) is 0 Å². The lowest BCUT2D eigenvalue weighted by Crippen LogP contribution is -2.50. The van der Waals surface area contributed by atoms with E-state index in [1.54, 1.807) is 15.9 Å². The van der Waals surface area contributed by atoms with E-state index in [0.717, 1.165) is 29.9 Å². The second-order valence-corrected chi connectivity index (χ2v) is 7.97. The normalized spacial score (nSPS) is 18.5. The average Bonchev–Trinajstić information content (AvgIpc) is 3.22. The first-order valence-corrected chi connectivity index (χ1v) is 9.96. The number of nitrogens with one attached hydrogen (secondary N) is 1. The van der Waals surface area contributed by atoms with Crippen LogP contribution in [0.15, 0.2) is 29.3 Å². The molecule has 1 unspecified atom stereocenters. The number of benzene rings is 1. The first-order chi connectivity index (χ1) is 13.5. The van der Waals surface area contributed by atoms with E-state index in [9.17, 15) is 9.18 Å². The first kappa shape index (κ1) is 18.7. The third-order valence-electron chi connectivity index (χ3n) is 5.04. The number of nitrogens with zero attached hydrogens (tertiary/aromatic N) is 4. The minimum absolute atomic E-state index is 0.0718. The van der Waals surface area contributed by atoms with Crippen LogP contribution in [0.25, 0.3) is 0 Å². The van der Waals surface area contributed by atoms with Crippen molar-refractivity contribution < 1.29 is 9.18 Å². The standard InChI is InChI=1S/C21H26FN5O/c1-4-8-26-20-18(24-17(25-20)9-13(2)3)19-23-16(12-27(19)21(26)28)11-14-6-5-7-15(22)10-14/h5-7,10,13,16H,4,8-9,11-12H2,1-3H3,(H,24,25). The van der Waals surface area contributed by atoms with Gasteiger partial charge >= 0.3 is 6.03 Å². The number of aromatic nitrogens is 2. The Morgan fingerprint density at radius 1 is 1.36 bits per heavy atom. The van der Waals surface area contributed by atoms with Crippen molar-refractivity contribution in [1.82, 2.24) is 14.9 Å². The molecule has 0 saturated heterocycles. The molecule has 2 aliphatic heterocycles. The largest absolute Gasteiger partial charge is 0.338 e. The van der Waals surface area contributed by atoms with Crippen molar-refractivity contribution in [2.75, 3.05) is 18.0 Å². The summed E-state index contributed by atoms with van der Waals surface area (Å²) in [4.78, 5) is 29.5. The van der Waals surface area contributed by atoms with E-state index in [4.69, 9.17) is 9.98 Å². The molecule has 0 saturated carbocycles. The maximum absolute atomic E-state index is 13.5. The van der Waals surface area contributed by atoms with E-state index in [2.05, 4.69) is 25.8 Å². The fourth-order valence-electron chi connectivity index (χ4n) is 3.90. The van der Waals surface area contributed by atoms with E-state index in [1.807, 2.05) is 6.07 Å². The molecule has 2 amide bonds. The predicted molar refractivity (Wildman–Crippen MR) is 107 cm³/mol. The maximum atomic E-state index is 13.5. The lowest BCUT2D eigenvalue weighted by atomic mass is 10.1. The van der Waals surface area contributed by atoms with Gasteiger partial charge in [0.2, 0.25) is 0 Å². The first-order valence-electron chi connectivity index (χ1n) is 9.96. The van der Waals surface area contributed by atoms with Crippen LogP contribution in [0, 0.1) is 11.7 Å². The highest BCUT2D eigenvalue weighted by atomic mass is 19.1. The summed E-state index contributed by atoms with van der Waals surface area (Å²) in [5, 5.41) is 0. The minimum atomic E-state index is -0.250. The highest BCUT2D eigenvalue weighted by molar-refractivity contribution is 6.18. The zero-order chi connectivity index (χ0) is 19.8. The molecule has 0 spiro atoms. The maximum Gasteiger partial charge on any atom is 0.331 e. The lowest BCUT2D eigenvalue weighted by molar-refractivity contribution is 0.226. The summed E-state index contributed by atoms with van der Waals surface area (Å²) >= 11 is 0.